The first-order valence-corrected chi connectivity index (χ1v) is 8.45. The van der Waals surface area contributed by atoms with Gasteiger partial charge in [-0.25, -0.2) is 0 Å². The summed E-state index contributed by atoms with van der Waals surface area (Å²) in [5.41, 5.74) is 2.54. The Morgan fingerprint density at radius 2 is 1.68 bits per heavy atom. The van der Waals surface area contributed by atoms with Crippen LogP contribution >= 0.6 is 0 Å². The van der Waals surface area contributed by atoms with Gasteiger partial charge in [0.2, 0.25) is 11.8 Å². The van der Waals surface area contributed by atoms with Crippen LogP contribution in [0, 0.1) is 0 Å². The predicted octanol–water partition coefficient (Wildman–Crippen LogP) is 2.83. The fourth-order valence-electron chi connectivity index (χ4n) is 2.44. The van der Waals surface area contributed by atoms with Crippen LogP contribution in [0.1, 0.15) is 18.4 Å². The van der Waals surface area contributed by atoms with Crippen molar-refractivity contribution in [2.45, 2.75) is 19.3 Å². The van der Waals surface area contributed by atoms with Gasteiger partial charge in [0, 0.05) is 24.8 Å². The third-order valence-electron chi connectivity index (χ3n) is 3.94. The molecule has 0 saturated carbocycles. The van der Waals surface area contributed by atoms with Crippen molar-refractivity contribution in [3.8, 4) is 0 Å². The minimum atomic E-state index is 0.00267. The number of anilines is 2. The van der Waals surface area contributed by atoms with Gasteiger partial charge in [0.15, 0.2) is 0 Å². The number of hydrogen-bond acceptors (Lipinski definition) is 3. The van der Waals surface area contributed by atoms with Crippen LogP contribution in [0.3, 0.4) is 0 Å². The molecule has 5 nitrogen and oxygen atoms in total. The summed E-state index contributed by atoms with van der Waals surface area (Å²) < 4.78 is 0. The van der Waals surface area contributed by atoms with Crippen molar-refractivity contribution in [3.05, 3.63) is 60.2 Å². The second-order valence-corrected chi connectivity index (χ2v) is 5.92. The van der Waals surface area contributed by atoms with Crippen molar-refractivity contribution in [3.63, 3.8) is 0 Å². The molecule has 2 amide bonds. The number of nitrogens with zero attached hydrogens (tertiary/aromatic N) is 1. The Kier molecular flexibility index (Phi) is 7.16. The smallest absolute Gasteiger partial charge is 0.231 e. The number of nitrogens with one attached hydrogen (secondary N) is 2. The van der Waals surface area contributed by atoms with E-state index in [1.807, 2.05) is 61.6 Å². The summed E-state index contributed by atoms with van der Waals surface area (Å²) in [7, 11) is 3.64. The Labute approximate surface area is 149 Å². The normalized spacial score (nSPS) is 10.3. The van der Waals surface area contributed by atoms with E-state index in [4.69, 9.17) is 0 Å². The highest BCUT2D eigenvalue weighted by molar-refractivity contribution is 5.94. The van der Waals surface area contributed by atoms with Gasteiger partial charge in [0.05, 0.1) is 6.42 Å². The third-order valence-corrected chi connectivity index (χ3v) is 3.94. The van der Waals surface area contributed by atoms with E-state index in [0.717, 1.165) is 29.9 Å². The molecule has 5 heteroatoms. The summed E-state index contributed by atoms with van der Waals surface area (Å²) in [5.74, 6) is 0.0259. The lowest BCUT2D eigenvalue weighted by atomic mass is 10.1. The lowest BCUT2D eigenvalue weighted by Crippen LogP contribution is -2.27. The second kappa shape index (κ2) is 9.59. The molecular weight excluding hydrogens is 314 g/mol. The summed E-state index contributed by atoms with van der Waals surface area (Å²) in [6.07, 6.45) is 1.62. The van der Waals surface area contributed by atoms with E-state index in [1.165, 1.54) is 0 Å². The molecule has 0 saturated heterocycles. The second-order valence-electron chi connectivity index (χ2n) is 5.92. The van der Waals surface area contributed by atoms with Crippen LogP contribution in [0.15, 0.2) is 54.6 Å². The van der Waals surface area contributed by atoms with Gasteiger partial charge in [-0.3, -0.25) is 9.59 Å². The van der Waals surface area contributed by atoms with Gasteiger partial charge in [0.25, 0.3) is 0 Å². The summed E-state index contributed by atoms with van der Waals surface area (Å²) >= 11 is 0. The average Bonchev–Trinajstić information content (AvgIpc) is 2.63. The number of benzene rings is 2. The number of carbonyl (C=O) groups is 2. The van der Waals surface area contributed by atoms with Crippen molar-refractivity contribution < 1.29 is 9.59 Å². The molecule has 0 aliphatic rings. The fourth-order valence-corrected chi connectivity index (χ4v) is 2.44. The summed E-state index contributed by atoms with van der Waals surface area (Å²) in [6.45, 7) is 0.823. The molecule has 0 bridgehead atoms. The highest BCUT2D eigenvalue weighted by Crippen LogP contribution is 2.15. The molecule has 0 aliphatic carbocycles. The standard InChI is InChI=1S/C20H25N3O2/c1-21-14-6-9-19(24)22-17-12-10-16(11-13-17)15-20(25)23(2)18-7-4-3-5-8-18/h3-5,7-8,10-13,21H,6,9,14-15H2,1-2H3,(H,22,24). The number of hydrogen-bond donors (Lipinski definition) is 2. The van der Waals surface area contributed by atoms with Gasteiger partial charge in [-0.1, -0.05) is 30.3 Å². The molecule has 25 heavy (non-hydrogen) atoms. The van der Waals surface area contributed by atoms with Gasteiger partial charge in [-0.2, -0.15) is 0 Å². The molecule has 0 atom stereocenters. The van der Waals surface area contributed by atoms with Crippen molar-refractivity contribution in [2.75, 3.05) is 30.9 Å². The minimum Gasteiger partial charge on any atom is -0.326 e. The van der Waals surface area contributed by atoms with Gasteiger partial charge in [0.1, 0.15) is 0 Å². The predicted molar refractivity (Wildman–Crippen MR) is 102 cm³/mol. The van der Waals surface area contributed by atoms with Gasteiger partial charge < -0.3 is 15.5 Å². The molecule has 0 unspecified atom stereocenters. The summed E-state index contributed by atoms with van der Waals surface area (Å²) in [4.78, 5) is 25.8. The van der Waals surface area contributed by atoms with Crippen molar-refractivity contribution in [2.24, 2.45) is 0 Å². The van der Waals surface area contributed by atoms with E-state index in [2.05, 4.69) is 10.6 Å². The lowest BCUT2D eigenvalue weighted by molar-refractivity contribution is -0.118. The molecule has 0 fully saturated rings. The van der Waals surface area contributed by atoms with Crippen LogP contribution < -0.4 is 15.5 Å². The van der Waals surface area contributed by atoms with Crippen molar-refractivity contribution >= 4 is 23.2 Å². The van der Waals surface area contributed by atoms with Crippen LogP contribution in [0.2, 0.25) is 0 Å². The van der Waals surface area contributed by atoms with E-state index >= 15 is 0 Å². The number of para-hydroxylation sites is 1. The first-order valence-electron chi connectivity index (χ1n) is 8.45. The SMILES string of the molecule is CNCCCC(=O)Nc1ccc(CC(=O)N(C)c2ccccc2)cc1. The van der Waals surface area contributed by atoms with Crippen molar-refractivity contribution in [1.29, 1.82) is 0 Å². The van der Waals surface area contributed by atoms with Crippen LogP contribution in [-0.2, 0) is 16.0 Å². The average molecular weight is 339 g/mol. The molecule has 0 aliphatic heterocycles. The number of carbonyl (C=O) groups excluding carboxylic acids is 2. The number of amides is 2. The quantitative estimate of drug-likeness (QED) is 0.727. The molecule has 0 aromatic heterocycles. The maximum absolute atomic E-state index is 12.4. The monoisotopic (exact) mass is 339 g/mol. The Hall–Kier alpha value is -2.66. The molecule has 0 radical (unpaired) electrons. The molecule has 0 spiro atoms. The van der Waals surface area contributed by atoms with E-state index < -0.39 is 0 Å². The Balaban J connectivity index is 1.87. The maximum Gasteiger partial charge on any atom is 0.231 e. The lowest BCUT2D eigenvalue weighted by Gasteiger charge is -2.17. The molecule has 2 aromatic carbocycles. The topological polar surface area (TPSA) is 61.4 Å². The highest BCUT2D eigenvalue weighted by atomic mass is 16.2. The molecule has 2 N–H and O–H groups in total. The minimum absolute atomic E-state index is 0.00267. The highest BCUT2D eigenvalue weighted by Gasteiger charge is 2.11. The van der Waals surface area contributed by atoms with Gasteiger partial charge in [-0.05, 0) is 49.8 Å². The first kappa shape index (κ1) is 18.7. The zero-order chi connectivity index (χ0) is 18.1. The molecule has 2 rings (SSSR count). The summed E-state index contributed by atoms with van der Waals surface area (Å²) in [6, 6.07) is 17.0. The number of likely N-dealkylation sites (N-methyl/N-ethyl adjacent to an activating group) is 1. The van der Waals surface area contributed by atoms with Crippen LogP contribution in [0.4, 0.5) is 11.4 Å². The maximum atomic E-state index is 12.4. The molecule has 2 aromatic rings. The zero-order valence-corrected chi connectivity index (χ0v) is 14.8. The first-order chi connectivity index (χ1) is 12.1. The summed E-state index contributed by atoms with van der Waals surface area (Å²) in [5, 5.41) is 5.89. The molecule has 132 valence electrons. The molecule has 0 heterocycles. The van der Waals surface area contributed by atoms with Crippen LogP contribution in [0.25, 0.3) is 0 Å². The zero-order valence-electron chi connectivity index (χ0n) is 14.8. The van der Waals surface area contributed by atoms with E-state index in [1.54, 1.807) is 11.9 Å². The van der Waals surface area contributed by atoms with E-state index in [9.17, 15) is 9.59 Å². The number of rotatable bonds is 8. The van der Waals surface area contributed by atoms with Crippen molar-refractivity contribution in [1.82, 2.24) is 5.32 Å². The van der Waals surface area contributed by atoms with Gasteiger partial charge in [-0.15, -0.1) is 0 Å². The van der Waals surface area contributed by atoms with E-state index in [-0.39, 0.29) is 11.8 Å². The third kappa shape index (κ3) is 6.04. The van der Waals surface area contributed by atoms with Crippen LogP contribution in [-0.4, -0.2) is 32.5 Å². The Morgan fingerprint density at radius 1 is 1.00 bits per heavy atom. The van der Waals surface area contributed by atoms with E-state index in [0.29, 0.717) is 12.8 Å². The largest absolute Gasteiger partial charge is 0.326 e. The van der Waals surface area contributed by atoms with Crippen LogP contribution in [0.5, 0.6) is 0 Å². The Bertz CT molecular complexity index is 684. The van der Waals surface area contributed by atoms with Gasteiger partial charge >= 0.3 is 0 Å². The Morgan fingerprint density at radius 3 is 2.32 bits per heavy atom. The fraction of sp³-hybridized carbons (Fsp3) is 0.300. The molecular formula is C20H25N3O2.